The van der Waals surface area contributed by atoms with E-state index in [-0.39, 0.29) is 18.9 Å². The van der Waals surface area contributed by atoms with Gasteiger partial charge in [0.2, 0.25) is 5.91 Å². The normalized spacial score (nSPS) is 14.7. The Labute approximate surface area is 456 Å². The summed E-state index contributed by atoms with van der Waals surface area (Å²) in [6.45, 7) is 4.48. The zero-order chi connectivity index (χ0) is 54.2. The van der Waals surface area contributed by atoms with Crippen molar-refractivity contribution in [2.75, 3.05) is 40.9 Å². The summed E-state index contributed by atoms with van der Waals surface area (Å²) in [5, 5.41) is 13.8. The number of nitrogens with one attached hydrogen (secondary N) is 1. The molecular weight excluding hydrogens is 936 g/mol. The van der Waals surface area contributed by atoms with Gasteiger partial charge in [0.05, 0.1) is 39.9 Å². The van der Waals surface area contributed by atoms with Crippen LogP contribution >= 0.6 is 7.82 Å². The van der Waals surface area contributed by atoms with Crippen LogP contribution in [0.4, 0.5) is 0 Å². The van der Waals surface area contributed by atoms with Gasteiger partial charge in [-0.05, 0) is 96.3 Å². The molecule has 0 rings (SSSR count). The average Bonchev–Trinajstić information content (AvgIpc) is 3.36. The summed E-state index contributed by atoms with van der Waals surface area (Å²) in [7, 11) is 1.20. The summed E-state index contributed by atoms with van der Waals surface area (Å²) in [6.07, 6.45) is 81.5. The molecule has 0 aliphatic carbocycles. The lowest BCUT2D eigenvalue weighted by Gasteiger charge is -2.29. The summed E-state index contributed by atoms with van der Waals surface area (Å²) in [5.41, 5.74) is 0. The monoisotopic (exact) mass is 1050 g/mol. The third kappa shape index (κ3) is 56.6. The van der Waals surface area contributed by atoms with Gasteiger partial charge in [-0.25, -0.2) is 0 Å². The van der Waals surface area contributed by atoms with Crippen molar-refractivity contribution in [2.24, 2.45) is 0 Å². The second-order valence-corrected chi connectivity index (χ2v) is 22.4. The Morgan fingerprint density at radius 3 is 1.26 bits per heavy atom. The number of phosphoric acid groups is 1. The maximum absolute atomic E-state index is 13.0. The van der Waals surface area contributed by atoms with Gasteiger partial charge in [-0.2, -0.15) is 0 Å². The molecule has 0 spiro atoms. The van der Waals surface area contributed by atoms with Gasteiger partial charge in [0.25, 0.3) is 7.82 Å². The molecular formula is C65H113N2O6P. The quantitative estimate of drug-likeness (QED) is 0.0272. The second kappa shape index (κ2) is 54.7. The van der Waals surface area contributed by atoms with E-state index in [0.717, 1.165) is 83.5 Å². The number of phosphoric ester groups is 1. The highest BCUT2D eigenvalue weighted by Gasteiger charge is 2.23. The van der Waals surface area contributed by atoms with E-state index in [9.17, 15) is 19.4 Å². The van der Waals surface area contributed by atoms with Crippen molar-refractivity contribution >= 4 is 13.7 Å². The van der Waals surface area contributed by atoms with E-state index in [4.69, 9.17) is 9.05 Å². The maximum Gasteiger partial charge on any atom is 0.268 e. The van der Waals surface area contributed by atoms with Gasteiger partial charge < -0.3 is 28.8 Å². The predicted molar refractivity (Wildman–Crippen MR) is 320 cm³/mol. The molecule has 0 saturated carbocycles. The number of quaternary nitrogens is 1. The third-order valence-electron chi connectivity index (χ3n) is 12.7. The Hall–Kier alpha value is -3.10. The van der Waals surface area contributed by atoms with Crippen LogP contribution in [0.3, 0.4) is 0 Å². The van der Waals surface area contributed by atoms with Crippen LogP contribution in [0.5, 0.6) is 0 Å². The summed E-state index contributed by atoms with van der Waals surface area (Å²) >= 11 is 0. The Morgan fingerprint density at radius 2 is 0.838 bits per heavy atom. The molecule has 1 amide bonds. The van der Waals surface area contributed by atoms with Crippen molar-refractivity contribution in [1.29, 1.82) is 0 Å². The van der Waals surface area contributed by atoms with Crippen LogP contribution in [0.25, 0.3) is 0 Å². The highest BCUT2D eigenvalue weighted by Crippen LogP contribution is 2.38. The van der Waals surface area contributed by atoms with Gasteiger partial charge in [-0.15, -0.1) is 0 Å². The highest BCUT2D eigenvalue weighted by molar-refractivity contribution is 7.45. The molecule has 0 bridgehead atoms. The summed E-state index contributed by atoms with van der Waals surface area (Å²) < 4.78 is 23.3. The molecule has 0 aliphatic rings. The third-order valence-corrected chi connectivity index (χ3v) is 13.6. The minimum atomic E-state index is -4.63. The SMILES string of the molecule is CC/C=C\C/C=C\C/C=C\C/C=C\C/C=C\C/C=C\C/C=C\C/C=C\CCCCC(=O)NC(COP(=O)([O-])OCC[N+](C)(C)C)C(O)/C=C/CC/C=C/CCCCCCCCCCCCCCCCCCCCC. The largest absolute Gasteiger partial charge is 0.756 e. The smallest absolute Gasteiger partial charge is 0.268 e. The lowest BCUT2D eigenvalue weighted by molar-refractivity contribution is -0.870. The molecule has 0 aromatic rings. The first-order valence-electron chi connectivity index (χ1n) is 29.9. The van der Waals surface area contributed by atoms with Crippen LogP contribution in [0, 0.1) is 0 Å². The minimum Gasteiger partial charge on any atom is -0.756 e. The van der Waals surface area contributed by atoms with Crippen molar-refractivity contribution in [1.82, 2.24) is 5.32 Å². The van der Waals surface area contributed by atoms with Crippen LogP contribution < -0.4 is 10.2 Å². The topological polar surface area (TPSA) is 108 Å². The van der Waals surface area contributed by atoms with Gasteiger partial charge in [0.15, 0.2) is 0 Å². The fourth-order valence-corrected chi connectivity index (χ4v) is 8.73. The molecule has 0 aliphatic heterocycles. The van der Waals surface area contributed by atoms with Gasteiger partial charge in [-0.3, -0.25) is 9.36 Å². The second-order valence-electron chi connectivity index (χ2n) is 21.0. The molecule has 3 unspecified atom stereocenters. The number of aliphatic hydroxyl groups excluding tert-OH is 1. The van der Waals surface area contributed by atoms with Crippen molar-refractivity contribution in [2.45, 2.75) is 244 Å². The molecule has 8 nitrogen and oxygen atoms in total. The Bertz CT molecular complexity index is 1620. The number of nitrogens with zero attached hydrogens (tertiary/aromatic N) is 1. The number of carbonyl (C=O) groups excluding carboxylic acids is 1. The molecule has 74 heavy (non-hydrogen) atoms. The van der Waals surface area contributed by atoms with E-state index in [1.807, 2.05) is 27.2 Å². The van der Waals surface area contributed by atoms with Crippen LogP contribution in [0.15, 0.2) is 122 Å². The standard InChI is InChI=1S/C65H113N2O6P/c1-6-8-10-12-14-16-18-20-22-24-26-28-30-32-33-35-37-39-41-43-45-47-49-51-53-55-57-59-65(69)66-63(62-73-74(70,71)72-61-60-67(3,4)5)64(68)58-56-54-52-50-48-46-44-42-40-38-36-34-31-29-27-25-23-21-19-17-15-13-11-9-7-2/h8,10,14,16,20,22,26,28,32-33,37,39,43,45,48-51,56,58,63-64,68H,6-7,9,11-13,15,17-19,21,23-25,27,29-31,34-36,38,40-42,44,46-47,52-55,57,59-62H2,1-5H3,(H-,66,69,70,71)/b10-8-,16-14-,22-20-,28-26-,33-32-,39-37-,45-43-,50-48+,51-49-,58-56+. The maximum atomic E-state index is 13.0. The average molecular weight is 1050 g/mol. The number of aliphatic hydroxyl groups is 1. The van der Waals surface area contributed by atoms with E-state index in [1.54, 1.807) is 6.08 Å². The molecule has 0 aromatic heterocycles. The fraction of sp³-hybridized carbons (Fsp3) is 0.677. The predicted octanol–water partition coefficient (Wildman–Crippen LogP) is 17.9. The van der Waals surface area contributed by atoms with Gasteiger partial charge in [0, 0.05) is 6.42 Å². The lowest BCUT2D eigenvalue weighted by atomic mass is 10.0. The number of hydrogen-bond acceptors (Lipinski definition) is 6. The van der Waals surface area contributed by atoms with Crippen LogP contribution in [0.2, 0.25) is 0 Å². The van der Waals surface area contributed by atoms with Gasteiger partial charge in [0.1, 0.15) is 13.2 Å². The zero-order valence-electron chi connectivity index (χ0n) is 48.2. The number of amides is 1. The van der Waals surface area contributed by atoms with Crippen molar-refractivity contribution in [3.05, 3.63) is 122 Å². The van der Waals surface area contributed by atoms with Crippen LogP contribution in [0.1, 0.15) is 232 Å². The Morgan fingerprint density at radius 1 is 0.486 bits per heavy atom. The molecule has 0 saturated heterocycles. The number of likely N-dealkylation sites (N-methyl/N-ethyl adjacent to an activating group) is 1. The van der Waals surface area contributed by atoms with Gasteiger partial charge >= 0.3 is 0 Å². The fourth-order valence-electron chi connectivity index (χ4n) is 8.01. The van der Waals surface area contributed by atoms with E-state index in [2.05, 4.69) is 129 Å². The van der Waals surface area contributed by atoms with E-state index >= 15 is 0 Å². The first-order chi connectivity index (χ1) is 36.0. The summed E-state index contributed by atoms with van der Waals surface area (Å²) in [5.74, 6) is -0.253. The molecule has 9 heteroatoms. The minimum absolute atomic E-state index is 0.0219. The van der Waals surface area contributed by atoms with Crippen molar-refractivity contribution in [3.8, 4) is 0 Å². The first-order valence-corrected chi connectivity index (χ1v) is 31.4. The molecule has 0 heterocycles. The molecule has 0 radical (unpaired) electrons. The van der Waals surface area contributed by atoms with E-state index in [1.165, 1.54) is 122 Å². The molecule has 0 aromatic carbocycles. The number of hydrogen-bond donors (Lipinski definition) is 2. The van der Waals surface area contributed by atoms with Gasteiger partial charge in [-0.1, -0.05) is 251 Å². The lowest BCUT2D eigenvalue weighted by Crippen LogP contribution is -2.45. The number of unbranched alkanes of at least 4 members (excludes halogenated alkanes) is 22. The molecule has 3 atom stereocenters. The first kappa shape index (κ1) is 70.9. The van der Waals surface area contributed by atoms with Crippen LogP contribution in [-0.4, -0.2) is 68.5 Å². The van der Waals surface area contributed by atoms with Crippen molar-refractivity contribution < 1.29 is 32.9 Å². The Kier molecular flexibility index (Phi) is 52.4. The number of allylic oxidation sites excluding steroid dienone is 19. The van der Waals surface area contributed by atoms with E-state index < -0.39 is 26.6 Å². The molecule has 424 valence electrons. The van der Waals surface area contributed by atoms with Crippen molar-refractivity contribution in [3.63, 3.8) is 0 Å². The Balaban J connectivity index is 4.37. The highest BCUT2D eigenvalue weighted by atomic mass is 31.2. The van der Waals surface area contributed by atoms with Crippen LogP contribution in [-0.2, 0) is 18.4 Å². The number of carbonyl (C=O) groups is 1. The summed E-state index contributed by atoms with van der Waals surface area (Å²) in [4.78, 5) is 25.5. The zero-order valence-corrected chi connectivity index (χ0v) is 49.1. The molecule has 0 fully saturated rings. The summed E-state index contributed by atoms with van der Waals surface area (Å²) in [6, 6.07) is -0.937. The number of rotatable bonds is 53. The molecule has 2 N–H and O–H groups in total. The van der Waals surface area contributed by atoms with E-state index in [0.29, 0.717) is 17.4 Å².